The van der Waals surface area contributed by atoms with Crippen LogP contribution in [0.4, 0.5) is 0 Å². The molecule has 0 aliphatic heterocycles. The van der Waals surface area contributed by atoms with Gasteiger partial charge >= 0.3 is 0 Å². The van der Waals surface area contributed by atoms with E-state index in [4.69, 9.17) is 0 Å². The molecule has 3 aromatic rings. The van der Waals surface area contributed by atoms with Crippen molar-refractivity contribution in [3.8, 4) is 0 Å². The molecular weight excluding hydrogens is 230 g/mol. The lowest BCUT2D eigenvalue weighted by atomic mass is 10.3. The van der Waals surface area contributed by atoms with Crippen LogP contribution in [0.5, 0.6) is 0 Å². The Labute approximate surface area is 103 Å². The molecule has 0 bridgehead atoms. The third-order valence-electron chi connectivity index (χ3n) is 2.92. The zero-order valence-electron chi connectivity index (χ0n) is 10.5. The fraction of sp³-hybridized carbons (Fsp3) is 0.333. The van der Waals surface area contributed by atoms with Gasteiger partial charge in [0.15, 0.2) is 0 Å². The summed E-state index contributed by atoms with van der Waals surface area (Å²) in [5.41, 5.74) is 0.688. The van der Waals surface area contributed by atoms with Crippen LogP contribution < -0.4 is 5.56 Å². The van der Waals surface area contributed by atoms with Crippen molar-refractivity contribution in [2.75, 3.05) is 0 Å². The van der Waals surface area contributed by atoms with Gasteiger partial charge < -0.3 is 4.57 Å². The Hall–Kier alpha value is -2.24. The maximum absolute atomic E-state index is 12.3. The van der Waals surface area contributed by atoms with E-state index in [1.54, 1.807) is 28.4 Å². The topological polar surface area (TPSA) is 65.1 Å². The van der Waals surface area contributed by atoms with Crippen molar-refractivity contribution in [3.05, 3.63) is 34.6 Å². The molecule has 0 atom stereocenters. The lowest BCUT2D eigenvalue weighted by molar-refractivity contribution is 0.582. The molecule has 0 spiro atoms. The average Bonchev–Trinajstić information content (AvgIpc) is 2.69. The van der Waals surface area contributed by atoms with Crippen LogP contribution in [0.25, 0.3) is 16.7 Å². The Morgan fingerprint density at radius 2 is 2.11 bits per heavy atom. The highest BCUT2D eigenvalue weighted by Crippen LogP contribution is 2.11. The molecule has 0 radical (unpaired) electrons. The van der Waals surface area contributed by atoms with Gasteiger partial charge in [0.2, 0.25) is 0 Å². The van der Waals surface area contributed by atoms with Crippen molar-refractivity contribution in [2.45, 2.75) is 26.8 Å². The van der Waals surface area contributed by atoms with Crippen molar-refractivity contribution < 1.29 is 0 Å². The van der Waals surface area contributed by atoms with E-state index in [2.05, 4.69) is 15.1 Å². The first kappa shape index (κ1) is 10.9. The molecule has 18 heavy (non-hydrogen) atoms. The Morgan fingerprint density at radius 3 is 2.83 bits per heavy atom. The van der Waals surface area contributed by atoms with Gasteiger partial charge in [-0.05, 0) is 26.8 Å². The first-order chi connectivity index (χ1) is 8.58. The first-order valence-electron chi connectivity index (χ1n) is 5.81. The SMILES string of the molecule is Cc1nc2ncc3c(=O)n(C(C)C)ccc3n2n1. The van der Waals surface area contributed by atoms with E-state index >= 15 is 0 Å². The highest BCUT2D eigenvalue weighted by atomic mass is 16.1. The summed E-state index contributed by atoms with van der Waals surface area (Å²) in [7, 11) is 0. The lowest BCUT2D eigenvalue weighted by Crippen LogP contribution is -2.22. The van der Waals surface area contributed by atoms with Gasteiger partial charge in [0.05, 0.1) is 10.9 Å². The minimum atomic E-state index is -0.0509. The van der Waals surface area contributed by atoms with Crippen molar-refractivity contribution in [3.63, 3.8) is 0 Å². The second kappa shape index (κ2) is 3.63. The molecule has 0 fully saturated rings. The largest absolute Gasteiger partial charge is 0.312 e. The number of rotatable bonds is 1. The van der Waals surface area contributed by atoms with E-state index in [9.17, 15) is 4.79 Å². The number of aryl methyl sites for hydroxylation is 1. The molecule has 6 nitrogen and oxygen atoms in total. The molecule has 0 saturated carbocycles. The van der Waals surface area contributed by atoms with Gasteiger partial charge in [0, 0.05) is 18.4 Å². The highest BCUT2D eigenvalue weighted by molar-refractivity contribution is 5.78. The highest BCUT2D eigenvalue weighted by Gasteiger charge is 2.10. The smallest absolute Gasteiger partial charge is 0.261 e. The van der Waals surface area contributed by atoms with Gasteiger partial charge in [-0.3, -0.25) is 4.79 Å². The standard InChI is InChI=1S/C12H13N5O/c1-7(2)16-5-4-10-9(11(16)18)6-13-12-14-8(3)15-17(10)12/h4-7H,1-3H3. The van der Waals surface area contributed by atoms with Gasteiger partial charge in [-0.25, -0.2) is 4.98 Å². The lowest BCUT2D eigenvalue weighted by Gasteiger charge is -2.10. The summed E-state index contributed by atoms with van der Waals surface area (Å²) in [4.78, 5) is 20.6. The van der Waals surface area contributed by atoms with E-state index in [-0.39, 0.29) is 11.6 Å². The quantitative estimate of drug-likeness (QED) is 0.646. The molecule has 92 valence electrons. The number of hydrogen-bond donors (Lipinski definition) is 0. The van der Waals surface area contributed by atoms with Gasteiger partial charge in [-0.15, -0.1) is 5.10 Å². The van der Waals surface area contributed by atoms with Crippen molar-refractivity contribution in [1.82, 2.24) is 24.1 Å². The van der Waals surface area contributed by atoms with Crippen LogP contribution in [0.15, 0.2) is 23.3 Å². The summed E-state index contributed by atoms with van der Waals surface area (Å²) >= 11 is 0. The Kier molecular flexibility index (Phi) is 2.19. The normalized spacial score (nSPS) is 11.8. The van der Waals surface area contributed by atoms with Crippen molar-refractivity contribution >= 4 is 16.7 Å². The van der Waals surface area contributed by atoms with Gasteiger partial charge in [0.1, 0.15) is 5.82 Å². The molecular formula is C12H13N5O. The summed E-state index contributed by atoms with van der Waals surface area (Å²) in [6.45, 7) is 5.74. The number of hydrogen-bond acceptors (Lipinski definition) is 4. The van der Waals surface area contributed by atoms with Gasteiger partial charge in [-0.1, -0.05) is 0 Å². The predicted molar refractivity (Wildman–Crippen MR) is 67.7 cm³/mol. The van der Waals surface area contributed by atoms with Crippen LogP contribution >= 0.6 is 0 Å². The molecule has 0 unspecified atom stereocenters. The fourth-order valence-electron chi connectivity index (χ4n) is 2.04. The molecule has 3 heterocycles. The van der Waals surface area contributed by atoms with Crippen LogP contribution in [0, 0.1) is 6.92 Å². The first-order valence-corrected chi connectivity index (χ1v) is 5.81. The molecule has 0 aromatic carbocycles. The van der Waals surface area contributed by atoms with Crippen LogP contribution in [0.3, 0.4) is 0 Å². The van der Waals surface area contributed by atoms with E-state index in [1.165, 1.54) is 0 Å². The molecule has 6 heteroatoms. The zero-order valence-corrected chi connectivity index (χ0v) is 10.5. The van der Waals surface area contributed by atoms with Crippen molar-refractivity contribution in [1.29, 1.82) is 0 Å². The predicted octanol–water partition coefficient (Wildman–Crippen LogP) is 1.33. The van der Waals surface area contributed by atoms with E-state index in [0.717, 1.165) is 5.52 Å². The summed E-state index contributed by atoms with van der Waals surface area (Å²) in [6.07, 6.45) is 3.35. The third kappa shape index (κ3) is 1.42. The van der Waals surface area contributed by atoms with Crippen LogP contribution in [-0.4, -0.2) is 24.1 Å². The number of pyridine rings is 1. The van der Waals surface area contributed by atoms with Crippen LogP contribution in [0.1, 0.15) is 25.7 Å². The zero-order chi connectivity index (χ0) is 12.9. The fourth-order valence-corrected chi connectivity index (χ4v) is 2.04. The second-order valence-electron chi connectivity index (χ2n) is 4.55. The molecule has 0 N–H and O–H groups in total. The summed E-state index contributed by atoms with van der Waals surface area (Å²) in [6, 6.07) is 1.99. The third-order valence-corrected chi connectivity index (χ3v) is 2.92. The van der Waals surface area contributed by atoms with E-state index < -0.39 is 0 Å². The monoisotopic (exact) mass is 243 g/mol. The molecule has 0 aliphatic rings. The Bertz CT molecular complexity index is 799. The minimum Gasteiger partial charge on any atom is -0.312 e. The average molecular weight is 243 g/mol. The van der Waals surface area contributed by atoms with E-state index in [0.29, 0.717) is 17.0 Å². The molecule has 0 amide bonds. The molecule has 0 aliphatic carbocycles. The van der Waals surface area contributed by atoms with Crippen LogP contribution in [-0.2, 0) is 0 Å². The Morgan fingerprint density at radius 1 is 1.33 bits per heavy atom. The maximum Gasteiger partial charge on any atom is 0.261 e. The maximum atomic E-state index is 12.3. The van der Waals surface area contributed by atoms with Crippen LogP contribution in [0.2, 0.25) is 0 Å². The van der Waals surface area contributed by atoms with Crippen molar-refractivity contribution in [2.24, 2.45) is 0 Å². The molecule has 0 saturated heterocycles. The van der Waals surface area contributed by atoms with Gasteiger partial charge in [-0.2, -0.15) is 9.50 Å². The minimum absolute atomic E-state index is 0.0509. The number of aromatic nitrogens is 5. The second-order valence-corrected chi connectivity index (χ2v) is 4.55. The summed E-state index contributed by atoms with van der Waals surface area (Å²) < 4.78 is 3.29. The summed E-state index contributed by atoms with van der Waals surface area (Å²) in [5, 5.41) is 4.81. The molecule has 3 aromatic heterocycles. The Balaban J connectivity index is 2.47. The number of fused-ring (bicyclic) bond motifs is 3. The van der Waals surface area contributed by atoms with Gasteiger partial charge in [0.25, 0.3) is 11.3 Å². The van der Waals surface area contributed by atoms with E-state index in [1.807, 2.05) is 19.9 Å². The number of nitrogens with zero attached hydrogens (tertiary/aromatic N) is 5. The summed E-state index contributed by atoms with van der Waals surface area (Å²) in [5.74, 6) is 1.16. The molecule has 3 rings (SSSR count).